The van der Waals surface area contributed by atoms with Crippen LogP contribution in [0.3, 0.4) is 0 Å². The van der Waals surface area contributed by atoms with Crippen molar-refractivity contribution >= 4 is 24.1 Å². The maximum atomic E-state index is 12.7. The summed E-state index contributed by atoms with van der Waals surface area (Å²) in [5.41, 5.74) is -2.62. The minimum absolute atomic E-state index is 0.126. The summed E-state index contributed by atoms with van der Waals surface area (Å²) in [4.78, 5) is 49.3. The quantitative estimate of drug-likeness (QED) is 0.190. The number of hydrogen-bond acceptors (Lipinski definition) is 8. The van der Waals surface area contributed by atoms with Crippen molar-refractivity contribution in [3.63, 3.8) is 0 Å². The number of benzene rings is 1. The lowest BCUT2D eigenvalue weighted by molar-refractivity contribution is -0.169. The fourth-order valence-corrected chi connectivity index (χ4v) is 3.30. The van der Waals surface area contributed by atoms with E-state index in [9.17, 15) is 19.2 Å². The topological polar surface area (TPSA) is 129 Å². The minimum Gasteiger partial charge on any atom is -0.456 e. The van der Waals surface area contributed by atoms with Gasteiger partial charge in [-0.3, -0.25) is 4.79 Å². The molecule has 0 aromatic heterocycles. The van der Waals surface area contributed by atoms with Crippen LogP contribution in [0.1, 0.15) is 94.2 Å². The van der Waals surface area contributed by atoms with E-state index in [1.54, 1.807) is 48.5 Å². The summed E-state index contributed by atoms with van der Waals surface area (Å²) in [6.07, 6.45) is -1.35. The maximum Gasteiger partial charge on any atom is 0.407 e. The molecule has 0 atom stereocenters. The molecule has 0 unspecified atom stereocenters. The van der Waals surface area contributed by atoms with Crippen molar-refractivity contribution < 1.29 is 38.1 Å². The SMILES string of the molecule is C=C(C)C(=O)OC(C)(C)COC(=O)NC(C)(C)c1cccc(C(C)(C)NC(=O)OCC(C)(C)OC(=O)C(C)(C)C)c1. The number of carbonyl (C=O) groups is 4. The molecule has 0 spiro atoms. The summed E-state index contributed by atoms with van der Waals surface area (Å²) in [6, 6.07) is 7.39. The van der Waals surface area contributed by atoms with Crippen LogP contribution in [-0.2, 0) is 39.6 Å². The molecule has 2 N–H and O–H groups in total. The van der Waals surface area contributed by atoms with Crippen LogP contribution < -0.4 is 10.6 Å². The van der Waals surface area contributed by atoms with E-state index in [0.29, 0.717) is 0 Å². The molecule has 0 saturated carbocycles. The van der Waals surface area contributed by atoms with Crippen LogP contribution in [0.15, 0.2) is 36.4 Å². The third kappa shape index (κ3) is 11.8. The highest BCUT2D eigenvalue weighted by Gasteiger charge is 2.33. The second-order valence-electron chi connectivity index (χ2n) is 13.6. The summed E-state index contributed by atoms with van der Waals surface area (Å²) in [7, 11) is 0. The molecule has 0 saturated heterocycles. The van der Waals surface area contributed by atoms with Crippen molar-refractivity contribution in [3.8, 4) is 0 Å². The highest BCUT2D eigenvalue weighted by molar-refractivity contribution is 5.87. The lowest BCUT2D eigenvalue weighted by Gasteiger charge is -2.32. The molecule has 0 bridgehead atoms. The van der Waals surface area contributed by atoms with Gasteiger partial charge in [0.1, 0.15) is 24.4 Å². The monoisotopic (exact) mass is 576 g/mol. The van der Waals surface area contributed by atoms with E-state index < -0.39 is 51.8 Å². The predicted octanol–water partition coefficient (Wildman–Crippen LogP) is 5.88. The lowest BCUT2D eigenvalue weighted by atomic mass is 9.87. The predicted molar refractivity (Wildman–Crippen MR) is 156 cm³/mol. The zero-order valence-corrected chi connectivity index (χ0v) is 26.7. The van der Waals surface area contributed by atoms with Gasteiger partial charge in [-0.1, -0.05) is 30.8 Å². The number of rotatable bonds is 11. The minimum atomic E-state index is -1.04. The van der Waals surface area contributed by atoms with Gasteiger partial charge >= 0.3 is 24.1 Å². The number of carbonyl (C=O) groups excluding carboxylic acids is 4. The standard InChI is InChI=1S/C31H48N2O8/c1-20(2)23(34)40-28(6,7)18-38-25(36)32-30(10,11)21-15-14-16-22(17-21)31(12,13)33-26(37)39-19-29(8,9)41-24(35)27(3,4)5/h14-17H,1,18-19H2,2-13H3,(H,32,36)(H,33,37). The average Bonchev–Trinajstić information content (AvgIpc) is 2.80. The van der Waals surface area contributed by atoms with Gasteiger partial charge in [0.05, 0.1) is 16.5 Å². The Balaban J connectivity index is 2.85. The van der Waals surface area contributed by atoms with E-state index in [1.807, 2.05) is 52.0 Å². The molecule has 1 aromatic rings. The van der Waals surface area contributed by atoms with Gasteiger partial charge < -0.3 is 29.6 Å². The Morgan fingerprint density at radius 3 is 1.46 bits per heavy atom. The fraction of sp³-hybridized carbons (Fsp3) is 0.613. The van der Waals surface area contributed by atoms with E-state index in [1.165, 1.54) is 6.92 Å². The summed E-state index contributed by atoms with van der Waals surface area (Å²) in [5, 5.41) is 5.68. The number of esters is 2. The lowest BCUT2D eigenvalue weighted by Crippen LogP contribution is -2.45. The van der Waals surface area contributed by atoms with Crippen LogP contribution in [0, 0.1) is 5.41 Å². The highest BCUT2D eigenvalue weighted by Crippen LogP contribution is 2.27. The van der Waals surface area contributed by atoms with Crippen molar-refractivity contribution in [2.45, 2.75) is 105 Å². The number of amides is 2. The molecule has 0 aliphatic rings. The number of ether oxygens (including phenoxy) is 4. The average molecular weight is 577 g/mol. The molecule has 0 radical (unpaired) electrons. The van der Waals surface area contributed by atoms with Crippen molar-refractivity contribution in [3.05, 3.63) is 47.5 Å². The van der Waals surface area contributed by atoms with Crippen LogP contribution in [0.2, 0.25) is 0 Å². The first kappa shape index (κ1) is 35.5. The van der Waals surface area contributed by atoms with Gasteiger partial charge in [0, 0.05) is 5.57 Å². The first-order valence-electron chi connectivity index (χ1n) is 13.5. The Kier molecular flexibility index (Phi) is 11.2. The molecule has 1 aromatic carbocycles. The van der Waals surface area contributed by atoms with Crippen LogP contribution >= 0.6 is 0 Å². The Hall–Kier alpha value is -3.56. The Morgan fingerprint density at radius 2 is 1.10 bits per heavy atom. The maximum absolute atomic E-state index is 12.7. The van der Waals surface area contributed by atoms with Crippen molar-refractivity contribution in [2.75, 3.05) is 13.2 Å². The first-order valence-corrected chi connectivity index (χ1v) is 13.5. The molecule has 1 rings (SSSR count). The molecule has 0 aliphatic carbocycles. The van der Waals surface area contributed by atoms with Crippen LogP contribution in [0.5, 0.6) is 0 Å². The van der Waals surface area contributed by atoms with E-state index in [2.05, 4.69) is 17.2 Å². The van der Waals surface area contributed by atoms with E-state index in [0.717, 1.165) is 11.1 Å². The summed E-state index contributed by atoms with van der Waals surface area (Å²) in [5.74, 6) is -0.956. The summed E-state index contributed by atoms with van der Waals surface area (Å²) < 4.78 is 21.5. The number of hydrogen-bond donors (Lipinski definition) is 2. The summed E-state index contributed by atoms with van der Waals surface area (Å²) in [6.45, 7) is 24.0. The fourth-order valence-electron chi connectivity index (χ4n) is 3.30. The van der Waals surface area contributed by atoms with Gasteiger partial charge in [-0.25, -0.2) is 14.4 Å². The molecule has 10 heteroatoms. The third-order valence-corrected chi connectivity index (χ3v) is 5.94. The molecule has 230 valence electrons. The van der Waals surface area contributed by atoms with Crippen LogP contribution in [0.25, 0.3) is 0 Å². The van der Waals surface area contributed by atoms with Gasteiger partial charge in [0.15, 0.2) is 0 Å². The Morgan fingerprint density at radius 1 is 0.707 bits per heavy atom. The smallest absolute Gasteiger partial charge is 0.407 e. The molecule has 2 amide bonds. The number of alkyl carbamates (subject to hydrolysis) is 2. The molecule has 0 aliphatic heterocycles. The zero-order valence-electron chi connectivity index (χ0n) is 26.7. The van der Waals surface area contributed by atoms with Crippen LogP contribution in [0.4, 0.5) is 9.59 Å². The third-order valence-electron chi connectivity index (χ3n) is 5.94. The molecule has 10 nitrogen and oxygen atoms in total. The first-order chi connectivity index (χ1) is 18.4. The second kappa shape index (κ2) is 13.0. The highest BCUT2D eigenvalue weighted by atomic mass is 16.6. The van der Waals surface area contributed by atoms with Gasteiger partial charge in [-0.2, -0.15) is 0 Å². The summed E-state index contributed by atoms with van der Waals surface area (Å²) >= 11 is 0. The Bertz CT molecular complexity index is 1140. The molecule has 0 heterocycles. The molecule has 41 heavy (non-hydrogen) atoms. The van der Waals surface area contributed by atoms with Crippen molar-refractivity contribution in [1.29, 1.82) is 0 Å². The molecule has 0 fully saturated rings. The van der Waals surface area contributed by atoms with Crippen molar-refractivity contribution in [2.24, 2.45) is 5.41 Å². The van der Waals surface area contributed by atoms with Gasteiger partial charge in [-0.15, -0.1) is 0 Å². The molecular formula is C31H48N2O8. The largest absolute Gasteiger partial charge is 0.456 e. The van der Waals surface area contributed by atoms with E-state index in [4.69, 9.17) is 18.9 Å². The van der Waals surface area contributed by atoms with Crippen LogP contribution in [-0.4, -0.2) is 48.5 Å². The Labute approximate surface area is 244 Å². The van der Waals surface area contributed by atoms with Gasteiger partial charge in [-0.05, 0) is 94.2 Å². The molecular weight excluding hydrogens is 528 g/mol. The normalized spacial score (nSPS) is 12.6. The van der Waals surface area contributed by atoms with E-state index >= 15 is 0 Å². The van der Waals surface area contributed by atoms with Gasteiger partial charge in [0.2, 0.25) is 0 Å². The van der Waals surface area contributed by atoms with Gasteiger partial charge in [0.25, 0.3) is 0 Å². The zero-order chi connectivity index (χ0) is 32.0. The second-order valence-corrected chi connectivity index (χ2v) is 13.6. The van der Waals surface area contributed by atoms with E-state index in [-0.39, 0.29) is 18.8 Å². The number of nitrogens with one attached hydrogen (secondary N) is 2. The van der Waals surface area contributed by atoms with Crippen molar-refractivity contribution in [1.82, 2.24) is 10.6 Å².